The minimum Gasteiger partial charge on any atom is -0.422 e. The van der Waals surface area contributed by atoms with Crippen LogP contribution in [0.2, 0.25) is 0 Å². The maximum Gasteiger partial charge on any atom is 0.416 e. The maximum absolute atomic E-state index is 12.8. The van der Waals surface area contributed by atoms with Crippen LogP contribution >= 0.6 is 0 Å². The van der Waals surface area contributed by atoms with Crippen LogP contribution in [0, 0.1) is 19.3 Å². The number of fused-ring (bicyclic) bond motifs is 1. The highest BCUT2D eigenvalue weighted by Crippen LogP contribution is 2.43. The fourth-order valence-electron chi connectivity index (χ4n) is 2.90. The highest BCUT2D eigenvalue weighted by atomic mass is 19.4. The molecule has 0 bridgehead atoms. The zero-order chi connectivity index (χ0) is 17.6. The van der Waals surface area contributed by atoms with E-state index in [1.165, 1.54) is 16.8 Å². The number of aryl methyl sites for hydroxylation is 2. The van der Waals surface area contributed by atoms with Gasteiger partial charge in [-0.3, -0.25) is 0 Å². The number of alkyl halides is 3. The molecule has 0 saturated carbocycles. The van der Waals surface area contributed by atoms with Crippen molar-refractivity contribution in [2.45, 2.75) is 19.0 Å². The largest absolute Gasteiger partial charge is 0.422 e. The Bertz CT molecular complexity index is 870. The molecule has 2 aromatic rings. The molecule has 4 nitrogen and oxygen atoms in total. The molecule has 0 fully saturated rings. The predicted octanol–water partition coefficient (Wildman–Crippen LogP) is 3.08. The van der Waals surface area contributed by atoms with Gasteiger partial charge in [0, 0.05) is 7.05 Å². The number of nitrogens with two attached hydrogens (primary N) is 1. The van der Waals surface area contributed by atoms with E-state index in [4.69, 9.17) is 16.9 Å². The van der Waals surface area contributed by atoms with E-state index in [-0.39, 0.29) is 5.88 Å². The van der Waals surface area contributed by atoms with Crippen molar-refractivity contribution in [3.05, 3.63) is 58.1 Å². The fraction of sp³-hybridized carbons (Fsp3) is 0.235. The second-order valence-electron chi connectivity index (χ2n) is 5.50. The van der Waals surface area contributed by atoms with Crippen LogP contribution in [0.15, 0.2) is 35.7 Å². The third-order valence-electron chi connectivity index (χ3n) is 3.99. The Labute approximate surface area is 136 Å². The van der Waals surface area contributed by atoms with Gasteiger partial charge in [0.25, 0.3) is 0 Å². The van der Waals surface area contributed by atoms with E-state index in [0.717, 1.165) is 12.1 Å². The number of nitrogens with zero attached hydrogens (tertiary/aromatic N) is 2. The zero-order valence-electron chi connectivity index (χ0n) is 13.0. The lowest BCUT2D eigenvalue weighted by Crippen LogP contribution is -2.22. The zero-order valence-corrected chi connectivity index (χ0v) is 13.0. The Morgan fingerprint density at radius 3 is 2.46 bits per heavy atom. The summed E-state index contributed by atoms with van der Waals surface area (Å²) in [4.78, 5) is 0. The van der Waals surface area contributed by atoms with Gasteiger partial charge in [0.05, 0.1) is 28.3 Å². The van der Waals surface area contributed by atoms with Crippen molar-refractivity contribution in [3.63, 3.8) is 0 Å². The van der Waals surface area contributed by atoms with Crippen molar-refractivity contribution < 1.29 is 17.9 Å². The van der Waals surface area contributed by atoms with Crippen molar-refractivity contribution in [1.82, 2.24) is 9.78 Å². The van der Waals surface area contributed by atoms with Crippen LogP contribution in [0.1, 0.15) is 28.3 Å². The molecule has 1 aromatic carbocycles. The minimum atomic E-state index is -4.40. The Hall–Kier alpha value is -2.88. The Kier molecular flexibility index (Phi) is 3.56. The lowest BCUT2D eigenvalue weighted by Gasteiger charge is -2.25. The van der Waals surface area contributed by atoms with E-state index in [0.29, 0.717) is 28.3 Å². The number of halogens is 3. The first-order valence-corrected chi connectivity index (χ1v) is 7.08. The van der Waals surface area contributed by atoms with Crippen LogP contribution in [0.25, 0.3) is 0 Å². The molecule has 0 saturated heterocycles. The number of aromatic nitrogens is 2. The van der Waals surface area contributed by atoms with Crippen LogP contribution in [-0.4, -0.2) is 9.78 Å². The van der Waals surface area contributed by atoms with Crippen molar-refractivity contribution in [2.24, 2.45) is 12.8 Å². The van der Waals surface area contributed by atoms with Gasteiger partial charge in [0.1, 0.15) is 0 Å². The maximum atomic E-state index is 12.8. The van der Waals surface area contributed by atoms with Crippen LogP contribution in [0.3, 0.4) is 0 Å². The molecule has 1 unspecified atom stereocenters. The summed E-state index contributed by atoms with van der Waals surface area (Å²) in [5, 5.41) is 4.29. The first-order valence-electron chi connectivity index (χ1n) is 7.08. The van der Waals surface area contributed by atoms with E-state index in [1.54, 1.807) is 14.0 Å². The number of hydrogen-bond donors (Lipinski definition) is 1. The molecule has 1 aliphatic rings. The molecule has 7 heteroatoms. The quantitative estimate of drug-likeness (QED) is 0.816. The summed E-state index contributed by atoms with van der Waals surface area (Å²) < 4.78 is 45.4. The number of ether oxygens (including phenoxy) is 1. The third kappa shape index (κ3) is 2.40. The van der Waals surface area contributed by atoms with Gasteiger partial charge in [-0.1, -0.05) is 18.1 Å². The lowest BCUT2D eigenvalue weighted by atomic mass is 9.83. The molecule has 0 amide bonds. The average Bonchev–Trinajstić information content (AvgIpc) is 2.79. The van der Waals surface area contributed by atoms with Gasteiger partial charge in [-0.2, -0.15) is 18.3 Å². The number of rotatable bonds is 1. The summed E-state index contributed by atoms with van der Waals surface area (Å²) in [6, 6.07) is 4.86. The highest BCUT2D eigenvalue weighted by Gasteiger charge is 2.35. The standard InChI is InChI=1S/C17H14F3N3O/c1-4-12-14(10-5-7-11(8-6-10)17(18,19)20)13-9(2)22-23(3)16(13)24-15(12)21/h1,5-8,14H,21H2,2-3H3. The molecule has 2 N–H and O–H groups in total. The minimum absolute atomic E-state index is 0.0536. The van der Waals surface area contributed by atoms with Crippen molar-refractivity contribution in [2.75, 3.05) is 0 Å². The molecule has 1 atom stereocenters. The molecule has 124 valence electrons. The molecule has 0 spiro atoms. The van der Waals surface area contributed by atoms with E-state index >= 15 is 0 Å². The first-order chi connectivity index (χ1) is 11.2. The Morgan fingerprint density at radius 1 is 1.29 bits per heavy atom. The first kappa shape index (κ1) is 16.0. The van der Waals surface area contributed by atoms with Gasteiger partial charge in [0.15, 0.2) is 0 Å². The normalized spacial score (nSPS) is 17.2. The van der Waals surface area contributed by atoms with Crippen LogP contribution in [0.4, 0.5) is 13.2 Å². The van der Waals surface area contributed by atoms with Crippen LogP contribution < -0.4 is 10.5 Å². The predicted molar refractivity (Wildman–Crippen MR) is 81.9 cm³/mol. The molecule has 24 heavy (non-hydrogen) atoms. The summed E-state index contributed by atoms with van der Waals surface area (Å²) >= 11 is 0. The van der Waals surface area contributed by atoms with Gasteiger partial charge in [-0.15, -0.1) is 6.42 Å². The molecule has 1 aliphatic heterocycles. The number of terminal acetylenes is 1. The van der Waals surface area contributed by atoms with Crippen LogP contribution in [0.5, 0.6) is 5.88 Å². The summed E-state index contributed by atoms with van der Waals surface area (Å²) in [5.74, 6) is 2.50. The molecular formula is C17H14F3N3O. The monoisotopic (exact) mass is 333 g/mol. The SMILES string of the molecule is C#CC1=C(N)Oc2c(c(C)nn2C)C1c1ccc(C(F)(F)F)cc1. The topological polar surface area (TPSA) is 53.1 Å². The average molecular weight is 333 g/mol. The number of benzene rings is 1. The van der Waals surface area contributed by atoms with Gasteiger partial charge in [-0.05, 0) is 24.6 Å². The third-order valence-corrected chi connectivity index (χ3v) is 3.99. The van der Waals surface area contributed by atoms with E-state index < -0.39 is 17.7 Å². The highest BCUT2D eigenvalue weighted by molar-refractivity contribution is 5.56. The van der Waals surface area contributed by atoms with Gasteiger partial charge < -0.3 is 10.5 Å². The van der Waals surface area contributed by atoms with E-state index in [2.05, 4.69) is 11.0 Å². The van der Waals surface area contributed by atoms with Gasteiger partial charge in [0.2, 0.25) is 11.8 Å². The molecule has 3 rings (SSSR count). The van der Waals surface area contributed by atoms with Crippen molar-refractivity contribution in [1.29, 1.82) is 0 Å². The molecular weight excluding hydrogens is 319 g/mol. The Morgan fingerprint density at radius 2 is 1.92 bits per heavy atom. The summed E-state index contributed by atoms with van der Waals surface area (Å²) in [6.45, 7) is 1.79. The Balaban J connectivity index is 2.17. The second-order valence-corrected chi connectivity index (χ2v) is 5.50. The van der Waals surface area contributed by atoms with E-state index in [1.807, 2.05) is 0 Å². The molecule has 1 aromatic heterocycles. The number of hydrogen-bond acceptors (Lipinski definition) is 3. The summed E-state index contributed by atoms with van der Waals surface area (Å²) in [7, 11) is 1.70. The summed E-state index contributed by atoms with van der Waals surface area (Å²) in [5.41, 5.74) is 7.54. The fourth-order valence-corrected chi connectivity index (χ4v) is 2.90. The molecule has 0 radical (unpaired) electrons. The summed E-state index contributed by atoms with van der Waals surface area (Å²) in [6.07, 6.45) is 1.16. The van der Waals surface area contributed by atoms with Gasteiger partial charge >= 0.3 is 6.18 Å². The second kappa shape index (κ2) is 5.34. The van der Waals surface area contributed by atoms with Crippen molar-refractivity contribution in [3.8, 4) is 18.2 Å². The molecule has 0 aliphatic carbocycles. The molecule has 2 heterocycles. The number of allylic oxidation sites excluding steroid dienone is 1. The van der Waals surface area contributed by atoms with Crippen LogP contribution in [-0.2, 0) is 13.2 Å². The lowest BCUT2D eigenvalue weighted by molar-refractivity contribution is -0.137. The van der Waals surface area contributed by atoms with E-state index in [9.17, 15) is 13.2 Å². The van der Waals surface area contributed by atoms with Crippen molar-refractivity contribution >= 4 is 0 Å². The smallest absolute Gasteiger partial charge is 0.416 e. The van der Waals surface area contributed by atoms with Gasteiger partial charge in [-0.25, -0.2) is 4.68 Å².